The predicted octanol–water partition coefficient (Wildman–Crippen LogP) is 2.42. The van der Waals surface area contributed by atoms with Crippen molar-refractivity contribution in [1.29, 1.82) is 0 Å². The van der Waals surface area contributed by atoms with E-state index in [4.69, 9.17) is 11.6 Å². The molecule has 6 nitrogen and oxygen atoms in total. The zero-order valence-electron chi connectivity index (χ0n) is 13.5. The largest absolute Gasteiger partial charge is 0.341 e. The summed E-state index contributed by atoms with van der Waals surface area (Å²) in [6.07, 6.45) is 4.16. The second-order valence-electron chi connectivity index (χ2n) is 5.41. The van der Waals surface area contributed by atoms with Crippen LogP contribution < -0.4 is 0 Å². The Bertz CT molecular complexity index is 661. The van der Waals surface area contributed by atoms with E-state index < -0.39 is 0 Å². The lowest BCUT2D eigenvalue weighted by molar-refractivity contribution is -0.130. The van der Waals surface area contributed by atoms with Gasteiger partial charge in [0.25, 0.3) is 0 Å². The Balaban J connectivity index is 1.89. The van der Waals surface area contributed by atoms with Crippen molar-refractivity contribution in [2.24, 2.45) is 0 Å². The first-order valence-corrected chi connectivity index (χ1v) is 7.75. The average molecular weight is 324 g/mol. The van der Waals surface area contributed by atoms with Gasteiger partial charge in [-0.05, 0) is 20.8 Å². The number of carbonyl (C=O) groups excluding carboxylic acids is 1. The summed E-state index contributed by atoms with van der Waals surface area (Å²) >= 11 is 6.11. The molecule has 120 valence electrons. The summed E-state index contributed by atoms with van der Waals surface area (Å²) in [5, 5.41) is 9.23. The summed E-state index contributed by atoms with van der Waals surface area (Å²) < 4.78 is 3.64. The Kier molecular flexibility index (Phi) is 5.24. The van der Waals surface area contributed by atoms with Crippen molar-refractivity contribution in [1.82, 2.24) is 24.5 Å². The van der Waals surface area contributed by atoms with E-state index in [0.717, 1.165) is 23.5 Å². The molecule has 0 aliphatic heterocycles. The molecule has 0 atom stereocenters. The Morgan fingerprint density at radius 2 is 2.14 bits per heavy atom. The standard InChI is InChI=1S/C15H22ClN5O/c1-5-20-10-13(8-17-20)9-19(4)14(22)6-7-21-12(3)15(16)11(2)18-21/h8,10H,5-7,9H2,1-4H3. The molecular weight excluding hydrogens is 302 g/mol. The van der Waals surface area contributed by atoms with Gasteiger partial charge in [-0.15, -0.1) is 0 Å². The number of amides is 1. The van der Waals surface area contributed by atoms with Gasteiger partial charge < -0.3 is 4.90 Å². The molecule has 0 radical (unpaired) electrons. The van der Waals surface area contributed by atoms with Gasteiger partial charge in [0.1, 0.15) is 0 Å². The predicted molar refractivity (Wildman–Crippen MR) is 85.7 cm³/mol. The van der Waals surface area contributed by atoms with E-state index >= 15 is 0 Å². The highest BCUT2D eigenvalue weighted by Gasteiger charge is 2.13. The zero-order valence-corrected chi connectivity index (χ0v) is 14.3. The lowest BCUT2D eigenvalue weighted by atomic mass is 10.3. The van der Waals surface area contributed by atoms with E-state index in [2.05, 4.69) is 10.2 Å². The van der Waals surface area contributed by atoms with Gasteiger partial charge >= 0.3 is 0 Å². The maximum absolute atomic E-state index is 12.2. The summed E-state index contributed by atoms with van der Waals surface area (Å²) in [7, 11) is 1.81. The van der Waals surface area contributed by atoms with Gasteiger partial charge in [-0.25, -0.2) is 0 Å². The number of aromatic nitrogens is 4. The number of carbonyl (C=O) groups is 1. The minimum absolute atomic E-state index is 0.0768. The van der Waals surface area contributed by atoms with Crippen molar-refractivity contribution in [3.05, 3.63) is 34.4 Å². The normalized spacial score (nSPS) is 11.0. The molecule has 0 bridgehead atoms. The first-order chi connectivity index (χ1) is 10.4. The van der Waals surface area contributed by atoms with E-state index in [1.807, 2.05) is 31.6 Å². The molecule has 2 aromatic heterocycles. The third-order valence-electron chi connectivity index (χ3n) is 3.69. The van der Waals surface area contributed by atoms with Crippen molar-refractivity contribution >= 4 is 17.5 Å². The van der Waals surface area contributed by atoms with Crippen molar-refractivity contribution in [2.75, 3.05) is 7.05 Å². The summed E-state index contributed by atoms with van der Waals surface area (Å²) in [6.45, 7) is 7.75. The monoisotopic (exact) mass is 323 g/mol. The van der Waals surface area contributed by atoms with Gasteiger partial charge in [-0.1, -0.05) is 11.6 Å². The highest BCUT2D eigenvalue weighted by Crippen LogP contribution is 2.19. The fourth-order valence-electron chi connectivity index (χ4n) is 2.31. The first-order valence-electron chi connectivity index (χ1n) is 7.37. The summed E-state index contributed by atoms with van der Waals surface area (Å²) in [5.41, 5.74) is 2.73. The molecule has 0 aromatic carbocycles. The Morgan fingerprint density at radius 1 is 1.41 bits per heavy atom. The molecule has 2 heterocycles. The molecule has 22 heavy (non-hydrogen) atoms. The fourth-order valence-corrected chi connectivity index (χ4v) is 2.44. The molecule has 2 aromatic rings. The van der Waals surface area contributed by atoms with E-state index in [-0.39, 0.29) is 5.91 Å². The quantitative estimate of drug-likeness (QED) is 0.820. The molecule has 0 N–H and O–H groups in total. The van der Waals surface area contributed by atoms with Gasteiger partial charge in [0.05, 0.1) is 29.2 Å². The second-order valence-corrected chi connectivity index (χ2v) is 5.79. The minimum Gasteiger partial charge on any atom is -0.341 e. The van der Waals surface area contributed by atoms with Crippen LogP contribution >= 0.6 is 11.6 Å². The maximum atomic E-state index is 12.2. The first kappa shape index (κ1) is 16.5. The smallest absolute Gasteiger partial charge is 0.224 e. The molecule has 0 aliphatic carbocycles. The van der Waals surface area contributed by atoms with Crippen LogP contribution in [0.3, 0.4) is 0 Å². The van der Waals surface area contributed by atoms with E-state index in [9.17, 15) is 4.79 Å². The number of hydrogen-bond donors (Lipinski definition) is 0. The van der Waals surface area contributed by atoms with Crippen LogP contribution in [-0.2, 0) is 24.4 Å². The third-order valence-corrected chi connectivity index (χ3v) is 4.23. The van der Waals surface area contributed by atoms with E-state index in [1.54, 1.807) is 22.8 Å². The van der Waals surface area contributed by atoms with Crippen LogP contribution in [0.1, 0.15) is 30.3 Å². The number of halogens is 1. The molecular formula is C15H22ClN5O. The van der Waals surface area contributed by atoms with Crippen molar-refractivity contribution in [3.63, 3.8) is 0 Å². The molecule has 0 saturated carbocycles. The summed E-state index contributed by atoms with van der Waals surface area (Å²) in [5.74, 6) is 0.0768. The van der Waals surface area contributed by atoms with Gasteiger partial charge in [-0.2, -0.15) is 10.2 Å². The van der Waals surface area contributed by atoms with Crippen LogP contribution in [0.25, 0.3) is 0 Å². The number of rotatable bonds is 6. The Hall–Kier alpha value is -1.82. The number of nitrogens with zero attached hydrogens (tertiary/aromatic N) is 5. The Morgan fingerprint density at radius 3 is 2.68 bits per heavy atom. The third kappa shape index (κ3) is 3.68. The van der Waals surface area contributed by atoms with Gasteiger partial charge in [0, 0.05) is 38.3 Å². The van der Waals surface area contributed by atoms with Crippen LogP contribution in [0, 0.1) is 13.8 Å². The summed E-state index contributed by atoms with van der Waals surface area (Å²) in [4.78, 5) is 13.9. The molecule has 0 unspecified atom stereocenters. The van der Waals surface area contributed by atoms with E-state index in [1.165, 1.54) is 0 Å². The highest BCUT2D eigenvalue weighted by atomic mass is 35.5. The lowest BCUT2D eigenvalue weighted by Gasteiger charge is -2.16. The molecule has 0 spiro atoms. The van der Waals surface area contributed by atoms with Crippen molar-refractivity contribution in [2.45, 2.75) is 46.8 Å². The SMILES string of the molecule is CCn1cc(CN(C)C(=O)CCn2nc(C)c(Cl)c2C)cn1. The minimum atomic E-state index is 0.0768. The van der Waals surface area contributed by atoms with Crippen LogP contribution in [-0.4, -0.2) is 37.4 Å². The van der Waals surface area contributed by atoms with Crippen LogP contribution in [0.2, 0.25) is 5.02 Å². The zero-order chi connectivity index (χ0) is 16.3. The van der Waals surface area contributed by atoms with Crippen molar-refractivity contribution < 1.29 is 4.79 Å². The maximum Gasteiger partial charge on any atom is 0.224 e. The summed E-state index contributed by atoms with van der Waals surface area (Å²) in [6, 6.07) is 0. The molecule has 1 amide bonds. The van der Waals surface area contributed by atoms with Crippen LogP contribution in [0.15, 0.2) is 12.4 Å². The number of hydrogen-bond acceptors (Lipinski definition) is 3. The molecule has 0 fully saturated rings. The fraction of sp³-hybridized carbons (Fsp3) is 0.533. The highest BCUT2D eigenvalue weighted by molar-refractivity contribution is 6.31. The molecule has 0 aliphatic rings. The van der Waals surface area contributed by atoms with Crippen LogP contribution in [0.4, 0.5) is 0 Å². The van der Waals surface area contributed by atoms with Crippen molar-refractivity contribution in [3.8, 4) is 0 Å². The second kappa shape index (κ2) is 6.96. The van der Waals surface area contributed by atoms with Gasteiger partial charge in [0.15, 0.2) is 0 Å². The molecule has 7 heteroatoms. The molecule has 0 saturated heterocycles. The Labute approximate surface area is 135 Å². The lowest BCUT2D eigenvalue weighted by Crippen LogP contribution is -2.27. The van der Waals surface area contributed by atoms with Gasteiger partial charge in [-0.3, -0.25) is 14.2 Å². The average Bonchev–Trinajstić information content (AvgIpc) is 3.05. The topological polar surface area (TPSA) is 56.0 Å². The van der Waals surface area contributed by atoms with Crippen LogP contribution in [0.5, 0.6) is 0 Å². The van der Waals surface area contributed by atoms with Gasteiger partial charge in [0.2, 0.25) is 5.91 Å². The molecule has 2 rings (SSSR count). The van der Waals surface area contributed by atoms with E-state index in [0.29, 0.717) is 24.5 Å². The number of aryl methyl sites for hydroxylation is 3.